The van der Waals surface area contributed by atoms with Crippen LogP contribution in [-0.2, 0) is 0 Å². The summed E-state index contributed by atoms with van der Waals surface area (Å²) in [6.45, 7) is 1.48. The molecule has 3 rings (SSSR count). The first-order chi connectivity index (χ1) is 12.0. The van der Waals surface area contributed by atoms with Crippen molar-refractivity contribution in [1.82, 2.24) is 0 Å². The van der Waals surface area contributed by atoms with E-state index in [1.165, 1.54) is 14.0 Å². The SMILES string of the molecule is COc1cccc2cc(C(=O)Nc3ccc(C(C)=O)cc3)c(=N)oc12. The van der Waals surface area contributed by atoms with Crippen LogP contribution in [0.15, 0.2) is 52.9 Å². The number of ether oxygens (including phenoxy) is 1. The van der Waals surface area contributed by atoms with Crippen LogP contribution in [0.5, 0.6) is 5.75 Å². The number of benzene rings is 2. The van der Waals surface area contributed by atoms with E-state index in [2.05, 4.69) is 5.32 Å². The summed E-state index contributed by atoms with van der Waals surface area (Å²) in [5.74, 6) is -0.0135. The van der Waals surface area contributed by atoms with Gasteiger partial charge in [0, 0.05) is 16.6 Å². The fraction of sp³-hybridized carbons (Fsp3) is 0.105. The van der Waals surface area contributed by atoms with Crippen LogP contribution in [0.4, 0.5) is 5.69 Å². The van der Waals surface area contributed by atoms with E-state index in [0.29, 0.717) is 28.0 Å². The van der Waals surface area contributed by atoms with Gasteiger partial charge in [0.2, 0.25) is 5.55 Å². The number of methoxy groups -OCH3 is 1. The number of nitrogens with one attached hydrogen (secondary N) is 2. The lowest BCUT2D eigenvalue weighted by Crippen LogP contribution is -2.20. The molecule has 25 heavy (non-hydrogen) atoms. The van der Waals surface area contributed by atoms with Gasteiger partial charge in [0.25, 0.3) is 5.91 Å². The zero-order chi connectivity index (χ0) is 18.0. The molecule has 0 bridgehead atoms. The lowest BCUT2D eigenvalue weighted by atomic mass is 10.1. The van der Waals surface area contributed by atoms with Gasteiger partial charge in [-0.15, -0.1) is 0 Å². The van der Waals surface area contributed by atoms with Gasteiger partial charge in [-0.1, -0.05) is 12.1 Å². The van der Waals surface area contributed by atoms with Crippen molar-refractivity contribution in [3.05, 3.63) is 65.2 Å². The summed E-state index contributed by atoms with van der Waals surface area (Å²) in [7, 11) is 1.51. The third-order valence-corrected chi connectivity index (χ3v) is 3.77. The monoisotopic (exact) mass is 336 g/mol. The fourth-order valence-corrected chi connectivity index (χ4v) is 2.45. The summed E-state index contributed by atoms with van der Waals surface area (Å²) in [5, 5.41) is 11.3. The van der Waals surface area contributed by atoms with Crippen LogP contribution in [0.2, 0.25) is 0 Å². The Kier molecular flexibility index (Phi) is 4.35. The van der Waals surface area contributed by atoms with Crippen LogP contribution in [0, 0.1) is 5.41 Å². The van der Waals surface area contributed by atoms with E-state index in [1.54, 1.807) is 48.5 Å². The van der Waals surface area contributed by atoms with Gasteiger partial charge in [0.05, 0.1) is 7.11 Å². The van der Waals surface area contributed by atoms with Crippen LogP contribution in [0.25, 0.3) is 11.0 Å². The minimum absolute atomic E-state index is 0.0476. The van der Waals surface area contributed by atoms with Crippen molar-refractivity contribution in [3.63, 3.8) is 0 Å². The number of rotatable bonds is 4. The highest BCUT2D eigenvalue weighted by Gasteiger charge is 2.14. The Hall–Kier alpha value is -3.41. The van der Waals surface area contributed by atoms with Gasteiger partial charge in [0.15, 0.2) is 17.1 Å². The lowest BCUT2D eigenvalue weighted by molar-refractivity contribution is 0.101. The second kappa shape index (κ2) is 6.60. The minimum Gasteiger partial charge on any atom is -0.493 e. The molecule has 0 spiro atoms. The van der Waals surface area contributed by atoms with Crippen molar-refractivity contribution >= 4 is 28.3 Å². The first-order valence-corrected chi connectivity index (χ1v) is 7.57. The van der Waals surface area contributed by atoms with Crippen molar-refractivity contribution in [2.24, 2.45) is 0 Å². The molecule has 2 aromatic carbocycles. The molecule has 0 atom stereocenters. The van der Waals surface area contributed by atoms with Gasteiger partial charge in [-0.2, -0.15) is 0 Å². The van der Waals surface area contributed by atoms with Crippen LogP contribution in [0.1, 0.15) is 27.6 Å². The third kappa shape index (κ3) is 3.28. The number of carbonyl (C=O) groups is 2. The van der Waals surface area contributed by atoms with E-state index >= 15 is 0 Å². The number of ketones is 1. The summed E-state index contributed by atoms with van der Waals surface area (Å²) in [5.41, 5.74) is 1.36. The largest absolute Gasteiger partial charge is 0.493 e. The first-order valence-electron chi connectivity index (χ1n) is 7.57. The summed E-state index contributed by atoms with van der Waals surface area (Å²) in [4.78, 5) is 23.7. The van der Waals surface area contributed by atoms with Crippen molar-refractivity contribution in [2.45, 2.75) is 6.92 Å². The third-order valence-electron chi connectivity index (χ3n) is 3.77. The number of fused-ring (bicyclic) bond motifs is 1. The maximum absolute atomic E-state index is 12.5. The molecule has 6 nitrogen and oxygen atoms in total. The number of anilines is 1. The Morgan fingerprint density at radius 2 is 1.84 bits per heavy atom. The number of amides is 1. The molecule has 0 saturated carbocycles. The maximum Gasteiger partial charge on any atom is 0.261 e. The van der Waals surface area contributed by atoms with Crippen molar-refractivity contribution in [1.29, 1.82) is 5.41 Å². The molecule has 2 N–H and O–H groups in total. The number of hydrogen-bond acceptors (Lipinski definition) is 5. The van der Waals surface area contributed by atoms with Crippen LogP contribution in [-0.4, -0.2) is 18.8 Å². The molecular weight excluding hydrogens is 320 g/mol. The highest BCUT2D eigenvalue weighted by Crippen LogP contribution is 2.24. The van der Waals surface area contributed by atoms with Crippen LogP contribution < -0.4 is 15.6 Å². The second-order valence-corrected chi connectivity index (χ2v) is 5.46. The molecular formula is C19H16N2O4. The Morgan fingerprint density at radius 3 is 2.48 bits per heavy atom. The highest BCUT2D eigenvalue weighted by molar-refractivity contribution is 6.05. The van der Waals surface area contributed by atoms with E-state index in [-0.39, 0.29) is 16.9 Å². The van der Waals surface area contributed by atoms with Gasteiger partial charge in [0.1, 0.15) is 5.56 Å². The van der Waals surface area contributed by atoms with Gasteiger partial charge >= 0.3 is 0 Å². The first kappa shape index (κ1) is 16.4. The molecule has 3 aromatic rings. The smallest absolute Gasteiger partial charge is 0.261 e. The normalized spacial score (nSPS) is 10.5. The summed E-state index contributed by atoms with van der Waals surface area (Å²) in [6, 6.07) is 13.4. The molecule has 0 fully saturated rings. The van der Waals surface area contributed by atoms with Gasteiger partial charge in [-0.3, -0.25) is 15.0 Å². The molecule has 0 aliphatic rings. The highest BCUT2D eigenvalue weighted by atomic mass is 16.5. The average molecular weight is 336 g/mol. The molecule has 6 heteroatoms. The second-order valence-electron chi connectivity index (χ2n) is 5.46. The topological polar surface area (TPSA) is 92.4 Å². The minimum atomic E-state index is -0.464. The van der Waals surface area contributed by atoms with Crippen LogP contribution in [0.3, 0.4) is 0 Å². The molecule has 0 radical (unpaired) electrons. The number of Topliss-reactive ketones (excluding diaryl/α,β-unsaturated/α-hetero) is 1. The molecule has 0 saturated heterocycles. The van der Waals surface area contributed by atoms with Crippen molar-refractivity contribution < 1.29 is 18.7 Å². The Morgan fingerprint density at radius 1 is 1.12 bits per heavy atom. The molecule has 0 aliphatic heterocycles. The number of carbonyl (C=O) groups excluding carboxylic acids is 2. The Bertz CT molecular complexity index is 1020. The molecule has 1 amide bonds. The fourth-order valence-electron chi connectivity index (χ4n) is 2.45. The van der Waals surface area contributed by atoms with E-state index < -0.39 is 5.91 Å². The van der Waals surface area contributed by atoms with Crippen molar-refractivity contribution in [3.8, 4) is 5.75 Å². The van der Waals surface area contributed by atoms with E-state index in [1.807, 2.05) is 0 Å². The summed E-state index contributed by atoms with van der Waals surface area (Å²) >= 11 is 0. The van der Waals surface area contributed by atoms with Crippen molar-refractivity contribution in [2.75, 3.05) is 12.4 Å². The van der Waals surface area contributed by atoms with Gasteiger partial charge in [-0.25, -0.2) is 0 Å². The summed E-state index contributed by atoms with van der Waals surface area (Å²) in [6.07, 6.45) is 0. The predicted molar refractivity (Wildman–Crippen MR) is 93.0 cm³/mol. The summed E-state index contributed by atoms with van der Waals surface area (Å²) < 4.78 is 10.7. The molecule has 1 heterocycles. The molecule has 1 aromatic heterocycles. The standard InChI is InChI=1S/C19H16N2O4/c1-11(22)12-6-8-14(9-7-12)21-19(23)15-10-13-4-3-5-16(24-2)17(13)25-18(15)20/h3-10,20H,1-2H3,(H,21,23). The molecule has 0 aliphatic carbocycles. The maximum atomic E-state index is 12.5. The number of para-hydroxylation sites is 1. The van der Waals surface area contributed by atoms with E-state index in [0.717, 1.165) is 0 Å². The van der Waals surface area contributed by atoms with E-state index in [9.17, 15) is 9.59 Å². The Labute approximate surface area is 143 Å². The van der Waals surface area contributed by atoms with Crippen LogP contribution >= 0.6 is 0 Å². The molecule has 0 unspecified atom stereocenters. The zero-order valence-electron chi connectivity index (χ0n) is 13.8. The lowest BCUT2D eigenvalue weighted by Gasteiger charge is -2.08. The molecule has 126 valence electrons. The predicted octanol–water partition coefficient (Wildman–Crippen LogP) is 3.38. The quantitative estimate of drug-likeness (QED) is 0.714. The zero-order valence-corrected chi connectivity index (χ0v) is 13.8. The number of hydrogen-bond donors (Lipinski definition) is 2. The van der Waals surface area contributed by atoms with Gasteiger partial charge < -0.3 is 14.5 Å². The van der Waals surface area contributed by atoms with E-state index in [4.69, 9.17) is 14.6 Å². The Balaban J connectivity index is 1.93. The van der Waals surface area contributed by atoms with Gasteiger partial charge in [-0.05, 0) is 43.3 Å². The average Bonchev–Trinajstić information content (AvgIpc) is 2.61.